The summed E-state index contributed by atoms with van der Waals surface area (Å²) in [4.78, 5) is 31.3. The average molecular weight is 372 g/mol. The molecule has 27 heavy (non-hydrogen) atoms. The molecule has 3 N–H and O–H groups in total. The largest absolute Gasteiger partial charge is 0.371 e. The Morgan fingerprint density at radius 2 is 1.96 bits per heavy atom. The molecule has 2 aliphatic rings. The van der Waals surface area contributed by atoms with Crippen molar-refractivity contribution < 1.29 is 9.59 Å². The van der Waals surface area contributed by atoms with Crippen LogP contribution in [0.25, 0.3) is 0 Å². The van der Waals surface area contributed by atoms with Crippen molar-refractivity contribution in [3.63, 3.8) is 0 Å². The van der Waals surface area contributed by atoms with Gasteiger partial charge in [-0.3, -0.25) is 14.7 Å². The van der Waals surface area contributed by atoms with E-state index in [-0.39, 0.29) is 18.5 Å². The zero-order chi connectivity index (χ0) is 19.1. The maximum atomic E-state index is 11.6. The average Bonchev–Trinajstić information content (AvgIpc) is 3.01. The zero-order valence-electron chi connectivity index (χ0n) is 15.8. The minimum Gasteiger partial charge on any atom is -0.371 e. The third kappa shape index (κ3) is 5.12. The Balaban J connectivity index is 1.48. The number of para-hydroxylation sites is 1. The third-order valence-corrected chi connectivity index (χ3v) is 4.83. The number of hydrogen-bond donors (Lipinski definition) is 3. The summed E-state index contributed by atoms with van der Waals surface area (Å²) in [6.07, 6.45) is 2.07. The van der Waals surface area contributed by atoms with E-state index in [9.17, 15) is 9.59 Å². The first-order valence-corrected chi connectivity index (χ1v) is 9.60. The summed E-state index contributed by atoms with van der Waals surface area (Å²) < 4.78 is 0. The molecule has 2 aliphatic heterocycles. The highest BCUT2D eigenvalue weighted by Gasteiger charge is 2.27. The first kappa shape index (κ1) is 19.0. The molecule has 0 atom stereocenters. The number of hydrogen-bond acceptors (Lipinski definition) is 4. The second kappa shape index (κ2) is 9.25. The van der Waals surface area contributed by atoms with E-state index < -0.39 is 0 Å². The Labute approximate surface area is 160 Å². The summed E-state index contributed by atoms with van der Waals surface area (Å²) in [5.41, 5.74) is 1.27. The van der Waals surface area contributed by atoms with Gasteiger partial charge >= 0.3 is 6.03 Å². The van der Waals surface area contributed by atoms with Crippen LogP contribution in [0.2, 0.25) is 0 Å². The number of carbonyl (C=O) groups excluding carboxylic acids is 2. The Hall–Kier alpha value is -2.77. The molecule has 3 amide bonds. The Morgan fingerprint density at radius 3 is 2.59 bits per heavy atom. The molecule has 2 fully saturated rings. The van der Waals surface area contributed by atoms with Crippen LogP contribution in [0.15, 0.2) is 35.3 Å². The van der Waals surface area contributed by atoms with E-state index in [4.69, 9.17) is 0 Å². The number of aliphatic imine (C=N–C) groups is 1. The highest BCUT2D eigenvalue weighted by atomic mass is 16.2. The van der Waals surface area contributed by atoms with Crippen molar-refractivity contribution in [1.29, 1.82) is 0 Å². The van der Waals surface area contributed by atoms with Crippen LogP contribution >= 0.6 is 0 Å². The molecule has 1 aromatic carbocycles. The molecular formula is C19H28N6O2. The summed E-state index contributed by atoms with van der Waals surface area (Å²) in [6, 6.07) is 10.5. The van der Waals surface area contributed by atoms with Gasteiger partial charge in [-0.2, -0.15) is 0 Å². The minimum absolute atomic E-state index is 0.0842. The summed E-state index contributed by atoms with van der Waals surface area (Å²) in [7, 11) is 0. The van der Waals surface area contributed by atoms with E-state index in [1.807, 2.05) is 13.0 Å². The quantitative estimate of drug-likeness (QED) is 0.390. The molecule has 1 aromatic rings. The van der Waals surface area contributed by atoms with Crippen molar-refractivity contribution in [2.75, 3.05) is 44.2 Å². The van der Waals surface area contributed by atoms with Gasteiger partial charge in [0.25, 0.3) is 0 Å². The highest BCUT2D eigenvalue weighted by Crippen LogP contribution is 2.19. The van der Waals surface area contributed by atoms with Crippen LogP contribution in [0.1, 0.15) is 19.8 Å². The van der Waals surface area contributed by atoms with E-state index in [2.05, 4.69) is 50.1 Å². The zero-order valence-corrected chi connectivity index (χ0v) is 15.8. The van der Waals surface area contributed by atoms with Crippen LogP contribution in [0.4, 0.5) is 10.5 Å². The molecule has 3 rings (SSSR count). The second-order valence-corrected chi connectivity index (χ2v) is 6.71. The Morgan fingerprint density at radius 1 is 1.22 bits per heavy atom. The fourth-order valence-electron chi connectivity index (χ4n) is 3.38. The van der Waals surface area contributed by atoms with E-state index in [1.54, 1.807) is 0 Å². The van der Waals surface area contributed by atoms with E-state index in [0.29, 0.717) is 19.1 Å². The number of piperidine rings is 1. The number of guanidine groups is 1. The normalized spacial score (nSPS) is 18.6. The first-order chi connectivity index (χ1) is 13.2. The molecule has 0 aliphatic carbocycles. The van der Waals surface area contributed by atoms with Gasteiger partial charge in [-0.25, -0.2) is 4.79 Å². The summed E-state index contributed by atoms with van der Waals surface area (Å²) in [5.74, 6) is 0.546. The van der Waals surface area contributed by atoms with Crippen molar-refractivity contribution >= 4 is 23.6 Å². The minimum atomic E-state index is -0.332. The van der Waals surface area contributed by atoms with Crippen molar-refractivity contribution in [3.05, 3.63) is 30.3 Å². The van der Waals surface area contributed by atoms with Crippen LogP contribution < -0.4 is 20.9 Å². The number of rotatable bonds is 6. The lowest BCUT2D eigenvalue weighted by molar-refractivity contribution is -0.124. The molecule has 0 aromatic heterocycles. The van der Waals surface area contributed by atoms with Crippen LogP contribution in [-0.2, 0) is 4.79 Å². The van der Waals surface area contributed by atoms with Gasteiger partial charge in [0.1, 0.15) is 0 Å². The number of urea groups is 1. The lowest BCUT2D eigenvalue weighted by Crippen LogP contribution is -2.49. The Bertz CT molecular complexity index is 654. The molecule has 2 saturated heterocycles. The molecule has 0 radical (unpaired) electrons. The molecule has 2 heterocycles. The lowest BCUT2D eigenvalue weighted by Gasteiger charge is -2.34. The van der Waals surface area contributed by atoms with Crippen LogP contribution in [-0.4, -0.2) is 68.1 Å². The van der Waals surface area contributed by atoms with Gasteiger partial charge in [-0.05, 0) is 31.9 Å². The van der Waals surface area contributed by atoms with Crippen molar-refractivity contribution in [2.24, 2.45) is 4.99 Å². The van der Waals surface area contributed by atoms with Crippen molar-refractivity contribution in [3.8, 4) is 0 Å². The van der Waals surface area contributed by atoms with E-state index in [0.717, 1.165) is 38.4 Å². The van der Waals surface area contributed by atoms with Crippen molar-refractivity contribution in [2.45, 2.75) is 25.8 Å². The molecule has 0 bridgehead atoms. The second-order valence-electron chi connectivity index (χ2n) is 6.71. The molecular weight excluding hydrogens is 344 g/mol. The van der Waals surface area contributed by atoms with E-state index >= 15 is 0 Å². The van der Waals surface area contributed by atoms with Gasteiger partial charge in [0.05, 0.1) is 19.6 Å². The highest BCUT2D eigenvalue weighted by molar-refractivity contribution is 6.01. The number of carbonyl (C=O) groups is 2. The van der Waals surface area contributed by atoms with Crippen molar-refractivity contribution in [1.82, 2.24) is 20.9 Å². The van der Waals surface area contributed by atoms with Gasteiger partial charge in [0, 0.05) is 31.4 Å². The number of nitrogens with zero attached hydrogens (tertiary/aromatic N) is 3. The fraction of sp³-hybridized carbons (Fsp3) is 0.526. The third-order valence-electron chi connectivity index (χ3n) is 4.83. The Kier molecular flexibility index (Phi) is 6.51. The summed E-state index contributed by atoms with van der Waals surface area (Å²) in [6.45, 7) is 5.56. The van der Waals surface area contributed by atoms with Gasteiger partial charge in [-0.15, -0.1) is 0 Å². The molecule has 146 valence electrons. The van der Waals surface area contributed by atoms with Gasteiger partial charge < -0.3 is 20.9 Å². The predicted molar refractivity (Wildman–Crippen MR) is 106 cm³/mol. The standard InChI is InChI=1S/C19H28N6O2/c1-2-20-18(21-10-13-25-17(26)14-22-19(25)27)23-15-8-11-24(12-9-15)16-6-4-3-5-7-16/h3-7,15H,2,8-14H2,1H3,(H,22,27)(H2,20,21,23). The number of anilines is 1. The molecule has 0 spiro atoms. The SMILES string of the molecule is CCNC(=NCCN1C(=O)CNC1=O)NC1CCN(c2ccccc2)CC1. The van der Waals surface area contributed by atoms with Crippen LogP contribution in [0, 0.1) is 0 Å². The number of benzene rings is 1. The molecule has 0 saturated carbocycles. The van der Waals surface area contributed by atoms with Gasteiger partial charge in [0.15, 0.2) is 5.96 Å². The molecule has 8 nitrogen and oxygen atoms in total. The number of imide groups is 1. The van der Waals surface area contributed by atoms with Crippen LogP contribution in [0.3, 0.4) is 0 Å². The van der Waals surface area contributed by atoms with E-state index in [1.165, 1.54) is 10.6 Å². The fourth-order valence-corrected chi connectivity index (χ4v) is 3.38. The predicted octanol–water partition coefficient (Wildman–Crippen LogP) is 0.762. The lowest BCUT2D eigenvalue weighted by atomic mass is 10.0. The number of nitrogens with one attached hydrogen (secondary N) is 3. The summed E-state index contributed by atoms with van der Waals surface area (Å²) >= 11 is 0. The molecule has 0 unspecified atom stereocenters. The smallest absolute Gasteiger partial charge is 0.324 e. The monoisotopic (exact) mass is 372 g/mol. The van der Waals surface area contributed by atoms with Crippen LogP contribution in [0.5, 0.6) is 0 Å². The maximum absolute atomic E-state index is 11.6. The van der Waals surface area contributed by atoms with Gasteiger partial charge in [-0.1, -0.05) is 18.2 Å². The van der Waals surface area contributed by atoms with Gasteiger partial charge in [0.2, 0.25) is 5.91 Å². The topological polar surface area (TPSA) is 89.1 Å². The first-order valence-electron chi connectivity index (χ1n) is 9.60. The maximum Gasteiger partial charge on any atom is 0.324 e. The number of amides is 3. The summed E-state index contributed by atoms with van der Waals surface area (Å²) in [5, 5.41) is 9.25. The molecule has 8 heteroatoms.